The molecule has 1 heterocycles. The zero-order chi connectivity index (χ0) is 15.0. The SMILES string of the molecule is CC1(C)CCC(c2noc(-c3ccc(N)cc3Cl)n2)CC1. The number of nitrogens with zero attached hydrogens (tertiary/aromatic N) is 2. The molecule has 2 N–H and O–H groups in total. The van der Waals surface area contributed by atoms with Gasteiger partial charge in [-0.05, 0) is 49.3 Å². The van der Waals surface area contributed by atoms with Crippen LogP contribution >= 0.6 is 11.6 Å². The maximum absolute atomic E-state index is 6.19. The molecule has 1 aliphatic carbocycles. The summed E-state index contributed by atoms with van der Waals surface area (Å²) in [5.74, 6) is 1.66. The highest BCUT2D eigenvalue weighted by molar-refractivity contribution is 6.33. The smallest absolute Gasteiger partial charge is 0.259 e. The molecule has 0 radical (unpaired) electrons. The van der Waals surface area contributed by atoms with Gasteiger partial charge in [0.25, 0.3) is 5.89 Å². The van der Waals surface area contributed by atoms with E-state index in [0.29, 0.717) is 27.9 Å². The Labute approximate surface area is 129 Å². The van der Waals surface area contributed by atoms with Gasteiger partial charge in [0.05, 0.1) is 10.6 Å². The summed E-state index contributed by atoms with van der Waals surface area (Å²) in [6.07, 6.45) is 4.62. The van der Waals surface area contributed by atoms with Crippen molar-refractivity contribution in [3.63, 3.8) is 0 Å². The van der Waals surface area contributed by atoms with Gasteiger partial charge in [0.1, 0.15) is 0 Å². The fraction of sp³-hybridized carbons (Fsp3) is 0.500. The van der Waals surface area contributed by atoms with Crippen molar-refractivity contribution in [2.24, 2.45) is 5.41 Å². The largest absolute Gasteiger partial charge is 0.399 e. The number of hydrogen-bond donors (Lipinski definition) is 1. The van der Waals surface area contributed by atoms with E-state index in [0.717, 1.165) is 24.2 Å². The van der Waals surface area contributed by atoms with Crippen LogP contribution in [-0.2, 0) is 0 Å². The summed E-state index contributed by atoms with van der Waals surface area (Å²) >= 11 is 6.19. The molecule has 0 amide bonds. The third-order valence-corrected chi connectivity index (χ3v) is 4.68. The zero-order valence-corrected chi connectivity index (χ0v) is 13.2. The molecule has 1 fully saturated rings. The molecule has 0 unspecified atom stereocenters. The van der Waals surface area contributed by atoms with Gasteiger partial charge in [-0.2, -0.15) is 4.98 Å². The number of aromatic nitrogens is 2. The molecule has 0 bridgehead atoms. The molecule has 3 rings (SSSR count). The number of hydrogen-bond acceptors (Lipinski definition) is 4. The highest BCUT2D eigenvalue weighted by Crippen LogP contribution is 2.42. The van der Waals surface area contributed by atoms with E-state index in [1.807, 2.05) is 6.07 Å². The molecule has 1 aromatic carbocycles. The molecule has 4 nitrogen and oxygen atoms in total. The summed E-state index contributed by atoms with van der Waals surface area (Å²) < 4.78 is 5.39. The van der Waals surface area contributed by atoms with Crippen LogP contribution in [0, 0.1) is 5.41 Å². The predicted octanol–water partition coefficient (Wildman–Crippen LogP) is 4.66. The molecule has 0 aliphatic heterocycles. The average molecular weight is 306 g/mol. The van der Waals surface area contributed by atoms with Gasteiger partial charge in [-0.3, -0.25) is 0 Å². The molecule has 112 valence electrons. The van der Waals surface area contributed by atoms with Crippen molar-refractivity contribution >= 4 is 17.3 Å². The molecule has 1 saturated carbocycles. The lowest BCUT2D eigenvalue weighted by Gasteiger charge is -2.32. The van der Waals surface area contributed by atoms with Gasteiger partial charge in [0, 0.05) is 11.6 Å². The third-order valence-electron chi connectivity index (χ3n) is 4.37. The first-order valence-corrected chi connectivity index (χ1v) is 7.71. The van der Waals surface area contributed by atoms with E-state index in [4.69, 9.17) is 21.9 Å². The van der Waals surface area contributed by atoms with Crippen LogP contribution in [-0.4, -0.2) is 10.1 Å². The van der Waals surface area contributed by atoms with Crippen molar-refractivity contribution in [1.82, 2.24) is 10.1 Å². The zero-order valence-electron chi connectivity index (χ0n) is 12.4. The second-order valence-electron chi connectivity index (χ2n) is 6.64. The maximum atomic E-state index is 6.19. The van der Waals surface area contributed by atoms with Gasteiger partial charge in [0.15, 0.2) is 5.82 Å². The number of nitrogens with two attached hydrogens (primary N) is 1. The maximum Gasteiger partial charge on any atom is 0.259 e. The first-order chi connectivity index (χ1) is 9.94. The van der Waals surface area contributed by atoms with Crippen molar-refractivity contribution in [3.8, 4) is 11.5 Å². The van der Waals surface area contributed by atoms with Gasteiger partial charge >= 0.3 is 0 Å². The number of rotatable bonds is 2. The van der Waals surface area contributed by atoms with Crippen molar-refractivity contribution in [2.45, 2.75) is 45.4 Å². The molecule has 0 saturated heterocycles. The van der Waals surface area contributed by atoms with Crippen LogP contribution in [0.2, 0.25) is 5.02 Å². The van der Waals surface area contributed by atoms with Crippen molar-refractivity contribution < 1.29 is 4.52 Å². The molecular formula is C16H20ClN3O. The molecule has 5 heteroatoms. The van der Waals surface area contributed by atoms with Crippen molar-refractivity contribution in [2.75, 3.05) is 5.73 Å². The summed E-state index contributed by atoms with van der Waals surface area (Å²) in [7, 11) is 0. The monoisotopic (exact) mass is 305 g/mol. The minimum absolute atomic E-state index is 0.392. The lowest BCUT2D eigenvalue weighted by atomic mass is 9.73. The number of benzene rings is 1. The standard InChI is InChI=1S/C16H20ClN3O/c1-16(2)7-5-10(6-8-16)14-19-15(21-20-14)12-4-3-11(18)9-13(12)17/h3-4,9-10H,5-8,18H2,1-2H3. The van der Waals surface area contributed by atoms with E-state index in [1.165, 1.54) is 12.8 Å². The van der Waals surface area contributed by atoms with E-state index in [9.17, 15) is 0 Å². The molecule has 1 aromatic heterocycles. The van der Waals surface area contributed by atoms with Crippen LogP contribution in [0.5, 0.6) is 0 Å². The Morgan fingerprint density at radius 2 is 2.00 bits per heavy atom. The van der Waals surface area contributed by atoms with Gasteiger partial charge in [-0.1, -0.05) is 30.6 Å². The van der Waals surface area contributed by atoms with E-state index in [-0.39, 0.29) is 0 Å². The van der Waals surface area contributed by atoms with Crippen LogP contribution < -0.4 is 5.73 Å². The first kappa shape index (κ1) is 14.4. The number of anilines is 1. The van der Waals surface area contributed by atoms with Crippen molar-refractivity contribution in [1.29, 1.82) is 0 Å². The highest BCUT2D eigenvalue weighted by Gasteiger charge is 2.30. The summed E-state index contributed by atoms with van der Waals surface area (Å²) in [5.41, 5.74) is 7.50. The Bertz CT molecular complexity index is 641. The van der Waals surface area contributed by atoms with Gasteiger partial charge < -0.3 is 10.3 Å². The minimum Gasteiger partial charge on any atom is -0.399 e. The second kappa shape index (κ2) is 5.34. The van der Waals surface area contributed by atoms with Crippen LogP contribution in [0.25, 0.3) is 11.5 Å². The summed E-state index contributed by atoms with van der Waals surface area (Å²) in [4.78, 5) is 4.54. The van der Waals surface area contributed by atoms with Gasteiger partial charge in [-0.15, -0.1) is 0 Å². The number of halogens is 1. The first-order valence-electron chi connectivity index (χ1n) is 7.34. The molecular weight excluding hydrogens is 286 g/mol. The normalized spacial score (nSPS) is 18.8. The summed E-state index contributed by atoms with van der Waals surface area (Å²) in [6.45, 7) is 4.64. The lowest BCUT2D eigenvalue weighted by molar-refractivity contribution is 0.218. The summed E-state index contributed by atoms with van der Waals surface area (Å²) in [5, 5.41) is 4.69. The molecule has 1 aliphatic rings. The fourth-order valence-electron chi connectivity index (χ4n) is 2.87. The molecule has 0 atom stereocenters. The average Bonchev–Trinajstić information content (AvgIpc) is 2.88. The van der Waals surface area contributed by atoms with Crippen LogP contribution in [0.3, 0.4) is 0 Å². The summed E-state index contributed by atoms with van der Waals surface area (Å²) in [6, 6.07) is 5.30. The number of nitrogen functional groups attached to an aromatic ring is 1. The topological polar surface area (TPSA) is 64.9 Å². The quantitative estimate of drug-likeness (QED) is 0.820. The Morgan fingerprint density at radius 1 is 1.29 bits per heavy atom. The molecule has 21 heavy (non-hydrogen) atoms. The van der Waals surface area contributed by atoms with E-state index in [2.05, 4.69) is 24.0 Å². The lowest BCUT2D eigenvalue weighted by Crippen LogP contribution is -2.20. The Balaban J connectivity index is 1.81. The highest BCUT2D eigenvalue weighted by atomic mass is 35.5. The molecule has 0 spiro atoms. The van der Waals surface area contributed by atoms with Crippen LogP contribution in [0.1, 0.15) is 51.3 Å². The fourth-order valence-corrected chi connectivity index (χ4v) is 3.14. The van der Waals surface area contributed by atoms with Gasteiger partial charge in [0.2, 0.25) is 0 Å². The van der Waals surface area contributed by atoms with E-state index < -0.39 is 0 Å². The minimum atomic E-state index is 0.392. The van der Waals surface area contributed by atoms with Gasteiger partial charge in [-0.25, -0.2) is 0 Å². The van der Waals surface area contributed by atoms with Crippen LogP contribution in [0.15, 0.2) is 22.7 Å². The van der Waals surface area contributed by atoms with E-state index in [1.54, 1.807) is 12.1 Å². The Hall–Kier alpha value is -1.55. The molecule has 2 aromatic rings. The second-order valence-corrected chi connectivity index (χ2v) is 7.04. The Morgan fingerprint density at radius 3 is 2.67 bits per heavy atom. The van der Waals surface area contributed by atoms with Crippen molar-refractivity contribution in [3.05, 3.63) is 29.0 Å². The van der Waals surface area contributed by atoms with E-state index >= 15 is 0 Å². The predicted molar refractivity (Wildman–Crippen MR) is 84.1 cm³/mol. The van der Waals surface area contributed by atoms with Crippen LogP contribution in [0.4, 0.5) is 5.69 Å². The Kier molecular flexibility index (Phi) is 3.66. The third kappa shape index (κ3) is 3.05.